The van der Waals surface area contributed by atoms with E-state index in [2.05, 4.69) is 0 Å². The van der Waals surface area contributed by atoms with Crippen LogP contribution in [0.2, 0.25) is 0 Å². The van der Waals surface area contributed by atoms with Gasteiger partial charge in [-0.15, -0.1) is 0 Å². The molecule has 226 valence electrons. The number of aliphatic hydroxyl groups excluding tert-OH is 6. The molecule has 0 radical (unpaired) electrons. The molecule has 2 rings (SSSR count). The molecule has 0 spiro atoms. The van der Waals surface area contributed by atoms with E-state index in [0.717, 1.165) is 32.1 Å². The van der Waals surface area contributed by atoms with Crippen LogP contribution in [0.5, 0.6) is 0 Å². The highest BCUT2D eigenvalue weighted by atomic mass is 16.7. The molecule has 40 heavy (non-hydrogen) atoms. The standard InChI is InChI=1S/C30H46O10/c1-21-13-7-3-2-4-8-14-22(32)19-23(33)15-9-5-10-16-24(17-11-6-12-18-26(34)38-21)39-30-29(37)28(36)27(35)25(20-31)40-30/h5-6,8-12,14,16,18,21-25,27-33,35-37H,2-4,7,13,15,17,19-20H2,1H3/b9-5?,11-6+,14-8+,16-10?,18-12?/t21-,22+,23+,24-,25+,27+,28-,29+,30+/m1/s1. The summed E-state index contributed by atoms with van der Waals surface area (Å²) in [5.41, 5.74) is 0. The third kappa shape index (κ3) is 13.0. The summed E-state index contributed by atoms with van der Waals surface area (Å²) in [4.78, 5) is 12.1. The fraction of sp³-hybridized carbons (Fsp3) is 0.633. The quantitative estimate of drug-likeness (QED) is 0.219. The van der Waals surface area contributed by atoms with Gasteiger partial charge in [-0.3, -0.25) is 0 Å². The maximum absolute atomic E-state index is 12.1. The third-order valence-corrected chi connectivity index (χ3v) is 6.66. The van der Waals surface area contributed by atoms with Crippen molar-refractivity contribution in [2.24, 2.45) is 0 Å². The number of aliphatic hydroxyl groups is 6. The molecular weight excluding hydrogens is 520 g/mol. The van der Waals surface area contributed by atoms with Crippen LogP contribution < -0.4 is 0 Å². The Morgan fingerprint density at radius 1 is 0.875 bits per heavy atom. The van der Waals surface area contributed by atoms with E-state index < -0.39 is 61.6 Å². The van der Waals surface area contributed by atoms with E-state index >= 15 is 0 Å². The zero-order valence-corrected chi connectivity index (χ0v) is 23.1. The summed E-state index contributed by atoms with van der Waals surface area (Å²) >= 11 is 0. The molecule has 0 bridgehead atoms. The van der Waals surface area contributed by atoms with Crippen molar-refractivity contribution in [3.05, 3.63) is 60.8 Å². The summed E-state index contributed by atoms with van der Waals surface area (Å²) in [6.45, 7) is 1.29. The number of carbonyl (C=O) groups is 1. The first kappa shape index (κ1) is 34.1. The highest BCUT2D eigenvalue weighted by Crippen LogP contribution is 2.24. The van der Waals surface area contributed by atoms with Crippen LogP contribution in [0.4, 0.5) is 0 Å². The van der Waals surface area contributed by atoms with E-state index in [0.29, 0.717) is 12.8 Å². The second kappa shape index (κ2) is 19.1. The molecule has 2 aliphatic heterocycles. The predicted octanol–water partition coefficient (Wildman–Crippen LogP) is 1.74. The first-order valence-corrected chi connectivity index (χ1v) is 14.1. The van der Waals surface area contributed by atoms with Crippen LogP contribution in [-0.4, -0.2) is 98.3 Å². The minimum Gasteiger partial charge on any atom is -0.460 e. The summed E-state index contributed by atoms with van der Waals surface area (Å²) in [6.07, 6.45) is 12.8. The van der Waals surface area contributed by atoms with E-state index in [1.807, 2.05) is 13.0 Å². The monoisotopic (exact) mass is 566 g/mol. The molecule has 0 aromatic rings. The Bertz CT molecular complexity index is 865. The predicted molar refractivity (Wildman–Crippen MR) is 149 cm³/mol. The van der Waals surface area contributed by atoms with Crippen LogP contribution in [0.25, 0.3) is 0 Å². The van der Waals surface area contributed by atoms with Gasteiger partial charge >= 0.3 is 5.97 Å². The summed E-state index contributed by atoms with van der Waals surface area (Å²) in [5, 5.41) is 60.2. The molecule has 1 saturated heterocycles. The van der Waals surface area contributed by atoms with E-state index in [1.165, 1.54) is 6.08 Å². The molecule has 0 aromatic carbocycles. The number of hydrogen-bond donors (Lipinski definition) is 6. The molecule has 2 aliphatic rings. The SMILES string of the molecule is C[C@@H]1CCCCC/C=C/[C@H](O)C[C@@H](O)CC=CC=C[C@@H](O[C@H]2O[C@@H](CO)[C@H](O)[C@@H](O)[C@@H]2O)C/C=C/C=CC(=O)O1. The molecule has 0 unspecified atom stereocenters. The lowest BCUT2D eigenvalue weighted by atomic mass is 9.99. The lowest BCUT2D eigenvalue weighted by Gasteiger charge is -2.40. The smallest absolute Gasteiger partial charge is 0.331 e. The number of esters is 1. The summed E-state index contributed by atoms with van der Waals surface area (Å²) in [7, 11) is 0. The van der Waals surface area contributed by atoms with Gasteiger partial charge in [0.05, 0.1) is 31.0 Å². The number of allylic oxidation sites excluding steroid dienone is 5. The fourth-order valence-electron chi connectivity index (χ4n) is 4.33. The van der Waals surface area contributed by atoms with Crippen LogP contribution in [0.15, 0.2) is 60.8 Å². The largest absolute Gasteiger partial charge is 0.460 e. The van der Waals surface area contributed by atoms with E-state index in [1.54, 1.807) is 48.6 Å². The van der Waals surface area contributed by atoms with Crippen LogP contribution in [0.3, 0.4) is 0 Å². The first-order chi connectivity index (χ1) is 19.2. The second-order valence-corrected chi connectivity index (χ2v) is 10.2. The van der Waals surface area contributed by atoms with E-state index in [4.69, 9.17) is 14.2 Å². The van der Waals surface area contributed by atoms with Gasteiger partial charge in [0.25, 0.3) is 0 Å². The van der Waals surface area contributed by atoms with Gasteiger partial charge in [-0.1, -0.05) is 61.1 Å². The van der Waals surface area contributed by atoms with Crippen molar-refractivity contribution in [3.8, 4) is 0 Å². The summed E-state index contributed by atoms with van der Waals surface area (Å²) in [5.74, 6) is -0.440. The normalized spacial score (nSPS) is 37.8. The Hall–Kier alpha value is -2.15. The van der Waals surface area contributed by atoms with Crippen LogP contribution >= 0.6 is 0 Å². The number of cyclic esters (lactones) is 1. The Balaban J connectivity index is 2.10. The molecular formula is C30H46O10. The summed E-state index contributed by atoms with van der Waals surface area (Å²) in [6, 6.07) is 0. The highest BCUT2D eigenvalue weighted by Gasteiger charge is 2.44. The Morgan fingerprint density at radius 2 is 1.62 bits per heavy atom. The molecule has 10 heteroatoms. The number of carbonyl (C=O) groups excluding carboxylic acids is 1. The molecule has 0 saturated carbocycles. The van der Waals surface area contributed by atoms with Gasteiger partial charge in [0.2, 0.25) is 0 Å². The Labute approximate surface area is 236 Å². The minimum atomic E-state index is -1.56. The number of rotatable bonds is 3. The maximum atomic E-state index is 12.1. The maximum Gasteiger partial charge on any atom is 0.331 e. The minimum absolute atomic E-state index is 0.208. The van der Waals surface area contributed by atoms with Crippen molar-refractivity contribution >= 4 is 5.97 Å². The zero-order chi connectivity index (χ0) is 29.3. The molecule has 2 heterocycles. The van der Waals surface area contributed by atoms with Gasteiger partial charge in [0.1, 0.15) is 24.4 Å². The van der Waals surface area contributed by atoms with Gasteiger partial charge in [-0.2, -0.15) is 0 Å². The van der Waals surface area contributed by atoms with Crippen LogP contribution in [-0.2, 0) is 19.0 Å². The molecule has 1 fully saturated rings. The zero-order valence-electron chi connectivity index (χ0n) is 23.1. The van der Waals surface area contributed by atoms with Gasteiger partial charge in [-0.05, 0) is 45.4 Å². The molecule has 0 aliphatic carbocycles. The number of hydrogen-bond acceptors (Lipinski definition) is 10. The van der Waals surface area contributed by atoms with Gasteiger partial charge in [0.15, 0.2) is 6.29 Å². The van der Waals surface area contributed by atoms with Crippen molar-refractivity contribution in [3.63, 3.8) is 0 Å². The fourth-order valence-corrected chi connectivity index (χ4v) is 4.33. The molecule has 6 N–H and O–H groups in total. The number of ether oxygens (including phenoxy) is 3. The van der Waals surface area contributed by atoms with Crippen LogP contribution in [0.1, 0.15) is 58.3 Å². The lowest BCUT2D eigenvalue weighted by Crippen LogP contribution is -2.59. The van der Waals surface area contributed by atoms with Crippen LogP contribution in [0, 0.1) is 0 Å². The van der Waals surface area contributed by atoms with E-state index in [-0.39, 0.29) is 12.5 Å². The summed E-state index contributed by atoms with van der Waals surface area (Å²) < 4.78 is 16.7. The Kier molecular flexibility index (Phi) is 16.2. The topological polar surface area (TPSA) is 166 Å². The van der Waals surface area contributed by atoms with Crippen molar-refractivity contribution in [2.45, 2.75) is 113 Å². The molecule has 10 nitrogen and oxygen atoms in total. The van der Waals surface area contributed by atoms with Gasteiger partial charge < -0.3 is 44.8 Å². The second-order valence-electron chi connectivity index (χ2n) is 10.2. The third-order valence-electron chi connectivity index (χ3n) is 6.66. The van der Waals surface area contributed by atoms with Crippen molar-refractivity contribution < 1.29 is 49.6 Å². The van der Waals surface area contributed by atoms with E-state index in [9.17, 15) is 35.4 Å². The molecule has 0 aromatic heterocycles. The highest BCUT2D eigenvalue weighted by molar-refractivity contribution is 5.82. The Morgan fingerprint density at radius 3 is 2.40 bits per heavy atom. The van der Waals surface area contributed by atoms with Crippen molar-refractivity contribution in [1.29, 1.82) is 0 Å². The van der Waals surface area contributed by atoms with Crippen molar-refractivity contribution in [1.82, 2.24) is 0 Å². The lowest BCUT2D eigenvalue weighted by molar-refractivity contribution is -0.307. The van der Waals surface area contributed by atoms with Gasteiger partial charge in [-0.25, -0.2) is 4.79 Å². The van der Waals surface area contributed by atoms with Gasteiger partial charge in [0, 0.05) is 12.5 Å². The average molecular weight is 567 g/mol. The first-order valence-electron chi connectivity index (χ1n) is 14.1. The van der Waals surface area contributed by atoms with Crippen molar-refractivity contribution in [2.75, 3.05) is 6.61 Å². The average Bonchev–Trinajstić information content (AvgIpc) is 2.91. The molecule has 9 atom stereocenters. The molecule has 0 amide bonds.